The zero-order chi connectivity index (χ0) is 18.9. The Hall–Kier alpha value is -2.36. The van der Waals surface area contributed by atoms with Crippen LogP contribution in [0.25, 0.3) is 0 Å². The number of thioether (sulfide) groups is 1. The summed E-state index contributed by atoms with van der Waals surface area (Å²) in [6.07, 6.45) is 1.99. The third-order valence-corrected chi connectivity index (χ3v) is 5.21. The number of hydrogen-bond acceptors (Lipinski definition) is 7. The van der Waals surface area contributed by atoms with Gasteiger partial charge in [-0.05, 0) is 25.0 Å². The maximum Gasteiger partial charge on any atom is 0.586 e. The van der Waals surface area contributed by atoms with Crippen molar-refractivity contribution in [3.63, 3.8) is 0 Å². The lowest BCUT2D eigenvalue weighted by Gasteiger charge is -2.17. The van der Waals surface area contributed by atoms with Crippen molar-refractivity contribution in [2.75, 3.05) is 11.1 Å². The molecule has 2 heterocycles. The van der Waals surface area contributed by atoms with E-state index in [1.54, 1.807) is 0 Å². The normalized spacial score (nSPS) is 18.4. The summed E-state index contributed by atoms with van der Waals surface area (Å²) in [6.45, 7) is 0. The molecule has 2 aromatic rings. The van der Waals surface area contributed by atoms with Gasteiger partial charge in [-0.25, -0.2) is 0 Å². The first kappa shape index (κ1) is 18.0. The van der Waals surface area contributed by atoms with E-state index in [1.807, 2.05) is 0 Å². The lowest BCUT2D eigenvalue weighted by atomic mass is 9.89. The minimum atomic E-state index is -3.69. The molecule has 7 nitrogen and oxygen atoms in total. The third kappa shape index (κ3) is 4.32. The molecule has 2 aliphatic rings. The second-order valence-corrected chi connectivity index (χ2v) is 7.33. The number of alkyl halides is 2. The molecule has 0 bridgehead atoms. The standard InChI is InChI=1S/C17H17F2N3O4S/c18-17(19)25-12-7-6-11(8-13(12)26-17)20-14(23)9-27-16-22-21-15(24-16)10-4-2-1-3-5-10/h6-8,10H,1-5,9H2,(H,20,23). The van der Waals surface area contributed by atoms with Gasteiger partial charge in [-0.1, -0.05) is 31.0 Å². The van der Waals surface area contributed by atoms with E-state index < -0.39 is 6.29 Å². The van der Waals surface area contributed by atoms with E-state index in [2.05, 4.69) is 25.0 Å². The average molecular weight is 397 g/mol. The van der Waals surface area contributed by atoms with Crippen LogP contribution in [0.15, 0.2) is 27.8 Å². The number of nitrogens with zero attached hydrogens (tertiary/aromatic N) is 2. The molecule has 27 heavy (non-hydrogen) atoms. The molecule has 1 fully saturated rings. The van der Waals surface area contributed by atoms with E-state index in [-0.39, 0.29) is 23.2 Å². The van der Waals surface area contributed by atoms with Crippen molar-refractivity contribution in [3.8, 4) is 11.5 Å². The molecule has 0 atom stereocenters. The van der Waals surface area contributed by atoms with Crippen LogP contribution in [0, 0.1) is 0 Å². The van der Waals surface area contributed by atoms with Crippen LogP contribution in [0.4, 0.5) is 14.5 Å². The van der Waals surface area contributed by atoms with Gasteiger partial charge in [0.15, 0.2) is 11.5 Å². The summed E-state index contributed by atoms with van der Waals surface area (Å²) in [5.74, 6) is 0.461. The van der Waals surface area contributed by atoms with Crippen LogP contribution in [-0.4, -0.2) is 28.2 Å². The lowest BCUT2D eigenvalue weighted by molar-refractivity contribution is -0.286. The fourth-order valence-corrected chi connectivity index (χ4v) is 3.71. The SMILES string of the molecule is O=C(CSc1nnc(C2CCCCC2)o1)Nc1ccc2c(c1)OC(F)(F)O2. The van der Waals surface area contributed by atoms with Gasteiger partial charge in [0.1, 0.15) is 0 Å². The molecule has 0 unspecified atom stereocenters. The van der Waals surface area contributed by atoms with E-state index in [0.29, 0.717) is 22.7 Å². The van der Waals surface area contributed by atoms with Gasteiger partial charge < -0.3 is 19.2 Å². The molecule has 1 aliphatic heterocycles. The van der Waals surface area contributed by atoms with Crippen LogP contribution in [0.1, 0.15) is 43.9 Å². The minimum Gasteiger partial charge on any atom is -0.416 e. The largest absolute Gasteiger partial charge is 0.586 e. The molecule has 1 aromatic carbocycles. The molecule has 0 saturated heterocycles. The molecule has 1 N–H and O–H groups in total. The zero-order valence-electron chi connectivity index (χ0n) is 14.2. The molecule has 1 saturated carbocycles. The van der Waals surface area contributed by atoms with Gasteiger partial charge in [0.05, 0.1) is 5.75 Å². The average Bonchev–Trinajstić information content (AvgIpc) is 3.23. The molecular weight excluding hydrogens is 380 g/mol. The van der Waals surface area contributed by atoms with Gasteiger partial charge in [0.2, 0.25) is 11.8 Å². The van der Waals surface area contributed by atoms with Crippen LogP contribution in [0.3, 0.4) is 0 Å². The maximum absolute atomic E-state index is 13.0. The molecular formula is C17H17F2N3O4S. The summed E-state index contributed by atoms with van der Waals surface area (Å²) in [7, 11) is 0. The number of fused-ring (bicyclic) bond motifs is 1. The van der Waals surface area contributed by atoms with Gasteiger partial charge in [0.25, 0.3) is 5.22 Å². The Morgan fingerprint density at radius 3 is 2.78 bits per heavy atom. The summed E-state index contributed by atoms with van der Waals surface area (Å²) in [4.78, 5) is 12.1. The van der Waals surface area contributed by atoms with Crippen molar-refractivity contribution in [2.45, 2.75) is 49.5 Å². The van der Waals surface area contributed by atoms with Crippen molar-refractivity contribution in [1.82, 2.24) is 10.2 Å². The fourth-order valence-electron chi connectivity index (χ4n) is 3.14. The van der Waals surface area contributed by atoms with E-state index in [1.165, 1.54) is 37.5 Å². The van der Waals surface area contributed by atoms with Crippen LogP contribution in [-0.2, 0) is 4.79 Å². The lowest BCUT2D eigenvalue weighted by Crippen LogP contribution is -2.25. The van der Waals surface area contributed by atoms with Crippen molar-refractivity contribution < 1.29 is 27.5 Å². The molecule has 0 radical (unpaired) electrons. The quantitative estimate of drug-likeness (QED) is 0.758. The number of benzene rings is 1. The molecule has 1 amide bonds. The predicted molar refractivity (Wildman–Crippen MR) is 92.1 cm³/mol. The molecule has 0 spiro atoms. The van der Waals surface area contributed by atoms with E-state index in [4.69, 9.17) is 4.42 Å². The summed E-state index contributed by atoms with van der Waals surface area (Å²) in [6, 6.07) is 4.06. The molecule has 1 aliphatic carbocycles. The Morgan fingerprint density at radius 2 is 1.96 bits per heavy atom. The third-order valence-electron chi connectivity index (χ3n) is 4.39. The van der Waals surface area contributed by atoms with Crippen LogP contribution in [0.2, 0.25) is 0 Å². The first-order chi connectivity index (χ1) is 13.0. The second kappa shape index (κ2) is 7.34. The molecule has 1 aromatic heterocycles. The van der Waals surface area contributed by atoms with Gasteiger partial charge in [-0.15, -0.1) is 19.0 Å². The van der Waals surface area contributed by atoms with E-state index in [9.17, 15) is 13.6 Å². The highest BCUT2D eigenvalue weighted by Gasteiger charge is 2.43. The monoisotopic (exact) mass is 397 g/mol. The van der Waals surface area contributed by atoms with Gasteiger partial charge in [0, 0.05) is 17.7 Å². The summed E-state index contributed by atoms with van der Waals surface area (Å²) in [5, 5.41) is 11.0. The number of nitrogens with one attached hydrogen (secondary N) is 1. The second-order valence-electron chi connectivity index (χ2n) is 6.41. The van der Waals surface area contributed by atoms with Crippen LogP contribution in [0.5, 0.6) is 11.5 Å². The van der Waals surface area contributed by atoms with E-state index in [0.717, 1.165) is 24.6 Å². The Bertz CT molecular complexity index is 839. The number of ether oxygens (including phenoxy) is 2. The van der Waals surface area contributed by atoms with Gasteiger partial charge in [-0.2, -0.15) is 0 Å². The predicted octanol–water partition coefficient (Wildman–Crippen LogP) is 4.17. The topological polar surface area (TPSA) is 86.5 Å². The number of carbonyl (C=O) groups is 1. The first-order valence-electron chi connectivity index (χ1n) is 8.64. The number of anilines is 1. The number of carbonyl (C=O) groups excluding carboxylic acids is 1. The van der Waals surface area contributed by atoms with Crippen LogP contribution < -0.4 is 14.8 Å². The maximum atomic E-state index is 13.0. The minimum absolute atomic E-state index is 0.0525. The molecule has 144 valence electrons. The summed E-state index contributed by atoms with van der Waals surface area (Å²) in [5.41, 5.74) is 0.328. The highest BCUT2D eigenvalue weighted by atomic mass is 32.2. The summed E-state index contributed by atoms with van der Waals surface area (Å²) >= 11 is 1.13. The fraction of sp³-hybridized carbons (Fsp3) is 0.471. The van der Waals surface area contributed by atoms with Crippen molar-refractivity contribution in [2.24, 2.45) is 0 Å². The highest BCUT2D eigenvalue weighted by molar-refractivity contribution is 7.99. The highest BCUT2D eigenvalue weighted by Crippen LogP contribution is 2.42. The van der Waals surface area contributed by atoms with E-state index >= 15 is 0 Å². The summed E-state index contributed by atoms with van der Waals surface area (Å²) < 4.78 is 40.4. The number of rotatable bonds is 5. The Labute approximate surface area is 157 Å². The molecule has 4 rings (SSSR count). The molecule has 10 heteroatoms. The number of amides is 1. The van der Waals surface area contributed by atoms with Gasteiger partial charge in [-0.3, -0.25) is 4.79 Å². The number of halogens is 2. The van der Waals surface area contributed by atoms with Crippen LogP contribution >= 0.6 is 11.8 Å². The smallest absolute Gasteiger partial charge is 0.416 e. The zero-order valence-corrected chi connectivity index (χ0v) is 15.1. The number of hydrogen-bond donors (Lipinski definition) is 1. The number of aromatic nitrogens is 2. The van der Waals surface area contributed by atoms with Crippen molar-refractivity contribution >= 4 is 23.4 Å². The first-order valence-corrected chi connectivity index (χ1v) is 9.63. The van der Waals surface area contributed by atoms with Gasteiger partial charge >= 0.3 is 6.29 Å². The Balaban J connectivity index is 1.30. The van der Waals surface area contributed by atoms with Crippen molar-refractivity contribution in [1.29, 1.82) is 0 Å². The Kier molecular flexibility index (Phi) is 4.90. The van der Waals surface area contributed by atoms with Crippen molar-refractivity contribution in [3.05, 3.63) is 24.1 Å². The Morgan fingerprint density at radius 1 is 1.19 bits per heavy atom.